The molecule has 0 amide bonds. The second-order valence-electron chi connectivity index (χ2n) is 1.73. The van der Waals surface area contributed by atoms with Crippen LogP contribution in [-0.4, -0.2) is 6.04 Å². The zero-order valence-electron chi connectivity index (χ0n) is 4.62. The Morgan fingerprint density at radius 3 is 1.88 bits per heavy atom. The summed E-state index contributed by atoms with van der Waals surface area (Å²) < 4.78 is 0. The van der Waals surface area contributed by atoms with Crippen LogP contribution in [0.4, 0.5) is 0 Å². The molecule has 0 bridgehead atoms. The lowest BCUT2D eigenvalue weighted by Gasteiger charge is -1.91. The molecule has 0 aromatic heterocycles. The molecule has 1 aliphatic carbocycles. The SMILES string of the molecule is NC1C=CC=CC=C1. The van der Waals surface area contributed by atoms with E-state index in [2.05, 4.69) is 0 Å². The van der Waals surface area contributed by atoms with Gasteiger partial charge in [-0.1, -0.05) is 36.5 Å². The molecule has 0 fully saturated rings. The van der Waals surface area contributed by atoms with Crippen molar-refractivity contribution in [2.45, 2.75) is 6.04 Å². The molecule has 0 unspecified atom stereocenters. The first-order valence-electron chi connectivity index (χ1n) is 2.67. The Hall–Kier alpha value is -0.820. The van der Waals surface area contributed by atoms with E-state index in [9.17, 15) is 0 Å². The summed E-state index contributed by atoms with van der Waals surface area (Å²) >= 11 is 0. The molecule has 0 heterocycles. The Morgan fingerprint density at radius 1 is 0.875 bits per heavy atom. The van der Waals surface area contributed by atoms with Crippen LogP contribution in [-0.2, 0) is 0 Å². The normalized spacial score (nSPS) is 19.1. The topological polar surface area (TPSA) is 26.0 Å². The Bertz CT molecular complexity index is 126. The Morgan fingerprint density at radius 2 is 1.38 bits per heavy atom. The van der Waals surface area contributed by atoms with Crippen LogP contribution in [0.3, 0.4) is 0 Å². The van der Waals surface area contributed by atoms with Gasteiger partial charge in [0.1, 0.15) is 0 Å². The molecule has 2 N–H and O–H groups in total. The molecule has 1 rings (SSSR count). The molecular weight excluding hydrogens is 98.1 g/mol. The fourth-order valence-corrected chi connectivity index (χ4v) is 0.577. The molecule has 0 saturated heterocycles. The van der Waals surface area contributed by atoms with Gasteiger partial charge in [0.15, 0.2) is 0 Å². The van der Waals surface area contributed by atoms with Crippen LogP contribution in [0.1, 0.15) is 0 Å². The van der Waals surface area contributed by atoms with E-state index < -0.39 is 0 Å². The highest BCUT2D eigenvalue weighted by atomic mass is 14.6. The Kier molecular flexibility index (Phi) is 1.65. The van der Waals surface area contributed by atoms with Gasteiger partial charge < -0.3 is 5.73 Å². The Labute approximate surface area is 49.2 Å². The van der Waals surface area contributed by atoms with Crippen LogP contribution in [0.5, 0.6) is 0 Å². The second kappa shape index (κ2) is 2.48. The summed E-state index contributed by atoms with van der Waals surface area (Å²) in [6.07, 6.45) is 11.7. The summed E-state index contributed by atoms with van der Waals surface area (Å²) in [5.41, 5.74) is 5.52. The van der Waals surface area contributed by atoms with Crippen LogP contribution in [0.25, 0.3) is 0 Å². The van der Waals surface area contributed by atoms with Gasteiger partial charge in [-0.3, -0.25) is 0 Å². The quantitative estimate of drug-likeness (QED) is 0.491. The van der Waals surface area contributed by atoms with E-state index in [1.165, 1.54) is 0 Å². The number of rotatable bonds is 0. The predicted octanol–water partition coefficient (Wildman–Crippen LogP) is 0.996. The highest BCUT2D eigenvalue weighted by Gasteiger charge is 1.86. The first-order valence-corrected chi connectivity index (χ1v) is 2.67. The van der Waals surface area contributed by atoms with Gasteiger partial charge in [-0.2, -0.15) is 0 Å². The van der Waals surface area contributed by atoms with Crippen LogP contribution in [0.2, 0.25) is 0 Å². The number of allylic oxidation sites excluding steroid dienone is 4. The van der Waals surface area contributed by atoms with Crippen molar-refractivity contribution in [1.29, 1.82) is 0 Å². The minimum atomic E-state index is 0.102. The molecule has 0 aliphatic heterocycles. The van der Waals surface area contributed by atoms with Crippen LogP contribution in [0, 0.1) is 0 Å². The van der Waals surface area contributed by atoms with Gasteiger partial charge in [-0.15, -0.1) is 0 Å². The molecule has 1 nitrogen and oxygen atoms in total. The van der Waals surface area contributed by atoms with Crippen molar-refractivity contribution in [3.05, 3.63) is 36.5 Å². The summed E-state index contributed by atoms with van der Waals surface area (Å²) in [5, 5.41) is 0. The molecule has 0 spiro atoms. The zero-order chi connectivity index (χ0) is 5.82. The predicted molar refractivity (Wildman–Crippen MR) is 35.4 cm³/mol. The van der Waals surface area contributed by atoms with Crippen molar-refractivity contribution < 1.29 is 0 Å². The molecular formula is C7H9N. The molecule has 1 heteroatoms. The lowest BCUT2D eigenvalue weighted by atomic mass is 10.3. The van der Waals surface area contributed by atoms with Gasteiger partial charge in [-0.05, 0) is 0 Å². The third-order valence-electron chi connectivity index (χ3n) is 1.00. The average Bonchev–Trinajstić information content (AvgIpc) is 1.94. The van der Waals surface area contributed by atoms with E-state index in [0.29, 0.717) is 0 Å². The van der Waals surface area contributed by atoms with Crippen molar-refractivity contribution in [2.75, 3.05) is 0 Å². The smallest absolute Gasteiger partial charge is 0.0416 e. The minimum Gasteiger partial charge on any atom is -0.321 e. The summed E-state index contributed by atoms with van der Waals surface area (Å²) in [6, 6.07) is 0.102. The second-order valence-corrected chi connectivity index (χ2v) is 1.73. The van der Waals surface area contributed by atoms with E-state index in [0.717, 1.165) is 0 Å². The van der Waals surface area contributed by atoms with Gasteiger partial charge in [-0.25, -0.2) is 0 Å². The first kappa shape index (κ1) is 5.32. The number of nitrogens with two attached hydrogens (primary N) is 1. The van der Waals surface area contributed by atoms with Gasteiger partial charge in [0.25, 0.3) is 0 Å². The largest absolute Gasteiger partial charge is 0.321 e. The lowest BCUT2D eigenvalue weighted by Crippen LogP contribution is -2.11. The van der Waals surface area contributed by atoms with Crippen molar-refractivity contribution in [3.63, 3.8) is 0 Å². The van der Waals surface area contributed by atoms with Crippen molar-refractivity contribution in [3.8, 4) is 0 Å². The van der Waals surface area contributed by atoms with Gasteiger partial charge in [0.05, 0.1) is 0 Å². The van der Waals surface area contributed by atoms with E-state index in [-0.39, 0.29) is 6.04 Å². The molecule has 0 radical (unpaired) electrons. The maximum Gasteiger partial charge on any atom is 0.0416 e. The van der Waals surface area contributed by atoms with Crippen LogP contribution < -0.4 is 5.73 Å². The van der Waals surface area contributed by atoms with Gasteiger partial charge in [0, 0.05) is 6.04 Å². The number of hydrogen-bond donors (Lipinski definition) is 1. The van der Waals surface area contributed by atoms with E-state index in [1.54, 1.807) is 0 Å². The molecule has 0 aromatic carbocycles. The standard InChI is InChI=1S/C7H9N/c8-7-5-3-1-2-4-6-7/h1-7H,8H2. The van der Waals surface area contributed by atoms with Gasteiger partial charge >= 0.3 is 0 Å². The fourth-order valence-electron chi connectivity index (χ4n) is 0.577. The third kappa shape index (κ3) is 1.35. The highest BCUT2D eigenvalue weighted by molar-refractivity contribution is 5.21. The molecule has 8 heavy (non-hydrogen) atoms. The third-order valence-corrected chi connectivity index (χ3v) is 1.00. The summed E-state index contributed by atoms with van der Waals surface area (Å²) in [7, 11) is 0. The fraction of sp³-hybridized carbons (Fsp3) is 0.143. The van der Waals surface area contributed by atoms with E-state index in [1.807, 2.05) is 36.5 Å². The lowest BCUT2D eigenvalue weighted by molar-refractivity contribution is 1.03. The summed E-state index contributed by atoms with van der Waals surface area (Å²) in [6.45, 7) is 0. The maximum absolute atomic E-state index is 5.52. The summed E-state index contributed by atoms with van der Waals surface area (Å²) in [4.78, 5) is 0. The molecule has 0 saturated carbocycles. The minimum absolute atomic E-state index is 0.102. The molecule has 0 atom stereocenters. The highest BCUT2D eigenvalue weighted by Crippen LogP contribution is 1.91. The monoisotopic (exact) mass is 107 g/mol. The average molecular weight is 107 g/mol. The van der Waals surface area contributed by atoms with Crippen LogP contribution in [0.15, 0.2) is 36.5 Å². The van der Waals surface area contributed by atoms with Gasteiger partial charge in [0.2, 0.25) is 0 Å². The first-order chi connectivity index (χ1) is 3.89. The van der Waals surface area contributed by atoms with Crippen molar-refractivity contribution in [1.82, 2.24) is 0 Å². The van der Waals surface area contributed by atoms with Crippen molar-refractivity contribution in [2.24, 2.45) is 5.73 Å². The molecule has 42 valence electrons. The molecule has 0 aromatic rings. The van der Waals surface area contributed by atoms with Crippen molar-refractivity contribution >= 4 is 0 Å². The number of hydrogen-bond acceptors (Lipinski definition) is 1. The zero-order valence-corrected chi connectivity index (χ0v) is 4.62. The van der Waals surface area contributed by atoms with Crippen LogP contribution >= 0.6 is 0 Å². The van der Waals surface area contributed by atoms with E-state index >= 15 is 0 Å². The Balaban J connectivity index is 2.66. The summed E-state index contributed by atoms with van der Waals surface area (Å²) in [5.74, 6) is 0. The molecule has 1 aliphatic rings. The maximum atomic E-state index is 5.52. The van der Waals surface area contributed by atoms with E-state index in [4.69, 9.17) is 5.73 Å².